The van der Waals surface area contributed by atoms with Gasteiger partial charge in [0.15, 0.2) is 23.4 Å². The summed E-state index contributed by atoms with van der Waals surface area (Å²) in [7, 11) is 5.73. The fraction of sp³-hybridized carbons (Fsp3) is 0.536. The number of esters is 1. The number of hydrogen-bond donors (Lipinski definition) is 5. The summed E-state index contributed by atoms with van der Waals surface area (Å²) in [6.07, 6.45) is -10.8. The van der Waals surface area contributed by atoms with Crippen molar-refractivity contribution in [2.24, 2.45) is 0 Å². The highest BCUT2D eigenvalue weighted by molar-refractivity contribution is 5.89. The summed E-state index contributed by atoms with van der Waals surface area (Å²) in [4.78, 5) is 12.4. The Kier molecular flexibility index (Phi) is 10.5. The van der Waals surface area contributed by atoms with E-state index in [4.69, 9.17) is 42.6 Å². The lowest BCUT2D eigenvalue weighted by Gasteiger charge is -2.40. The van der Waals surface area contributed by atoms with Crippen molar-refractivity contribution >= 4 is 5.97 Å². The molecule has 2 fully saturated rings. The van der Waals surface area contributed by atoms with E-state index >= 15 is 0 Å². The minimum atomic E-state index is -1.99. The smallest absolute Gasteiger partial charge is 0.338 e. The first kappa shape index (κ1) is 32.5. The number of benzene rings is 2. The molecule has 15 nitrogen and oxygen atoms in total. The molecule has 2 aromatic rings. The van der Waals surface area contributed by atoms with Crippen molar-refractivity contribution in [1.29, 1.82) is 0 Å². The van der Waals surface area contributed by atoms with Crippen molar-refractivity contribution in [2.45, 2.75) is 48.7 Å². The Labute approximate surface area is 246 Å². The highest BCUT2D eigenvalue weighted by atomic mass is 16.7. The number of carbonyl (C=O) groups is 1. The van der Waals surface area contributed by atoms with Crippen LogP contribution in [0.25, 0.3) is 0 Å². The molecule has 4 rings (SSSR count). The molecule has 0 saturated carbocycles. The Balaban J connectivity index is 1.35. The van der Waals surface area contributed by atoms with E-state index in [1.165, 1.54) is 52.7 Å². The molecule has 2 saturated heterocycles. The standard InChI is InChI=1S/C28H36O15/c1-35-15-7-5-14(6-8-15)25(33)40-12-28(34)13-41-27(24(28)32)39-11-19-20(29)21(30)22(31)26(43-19)42-16-9-17(36-2)23(38-4)18(10-16)37-3/h5-10,19-22,24,26-27,29-32,34H,11-13H2,1-4H3/t19-,20-,21+,22-,24+,26+,27-,28-/m1/s1. The molecule has 0 spiro atoms. The SMILES string of the molecule is COc1ccc(C(=O)OC[C@@]2(O)CO[C@@H](OC[C@H]3O[C@H](Oc4cc(OC)c(OC)c(OC)c4)[C@H](O)[C@@H](O)[C@@H]3O)[C@@H]2O)cc1. The maximum absolute atomic E-state index is 12.4. The number of methoxy groups -OCH3 is 4. The monoisotopic (exact) mass is 612 g/mol. The quantitative estimate of drug-likeness (QED) is 0.187. The topological polar surface area (TPSA) is 201 Å². The highest BCUT2D eigenvalue weighted by Gasteiger charge is 2.51. The molecule has 2 aliphatic rings. The van der Waals surface area contributed by atoms with E-state index in [0.29, 0.717) is 11.5 Å². The zero-order valence-corrected chi connectivity index (χ0v) is 23.9. The third kappa shape index (κ3) is 7.05. The van der Waals surface area contributed by atoms with Gasteiger partial charge in [0.2, 0.25) is 12.0 Å². The third-order valence-electron chi connectivity index (χ3n) is 7.07. The van der Waals surface area contributed by atoms with Gasteiger partial charge in [0.05, 0.1) is 47.2 Å². The number of aliphatic hydroxyl groups excluding tert-OH is 4. The Bertz CT molecular complexity index is 1200. The zero-order valence-electron chi connectivity index (χ0n) is 23.9. The van der Waals surface area contributed by atoms with Crippen LogP contribution >= 0.6 is 0 Å². The van der Waals surface area contributed by atoms with Gasteiger partial charge < -0.3 is 68.2 Å². The van der Waals surface area contributed by atoms with Crippen molar-refractivity contribution in [3.05, 3.63) is 42.0 Å². The second-order valence-corrected chi connectivity index (χ2v) is 9.86. The molecule has 0 unspecified atom stereocenters. The molecule has 0 bridgehead atoms. The second kappa shape index (κ2) is 13.9. The van der Waals surface area contributed by atoms with E-state index in [9.17, 15) is 30.3 Å². The van der Waals surface area contributed by atoms with Crippen LogP contribution < -0.4 is 23.7 Å². The normalized spacial score (nSPS) is 30.4. The largest absolute Gasteiger partial charge is 0.497 e. The minimum absolute atomic E-state index is 0.130. The van der Waals surface area contributed by atoms with Gasteiger partial charge in [-0.1, -0.05) is 0 Å². The molecule has 2 aromatic carbocycles. The van der Waals surface area contributed by atoms with Crippen LogP contribution in [0.2, 0.25) is 0 Å². The number of rotatable bonds is 12. The predicted molar refractivity (Wildman–Crippen MR) is 143 cm³/mol. The predicted octanol–water partition coefficient (Wildman–Crippen LogP) is -0.771. The maximum Gasteiger partial charge on any atom is 0.338 e. The van der Waals surface area contributed by atoms with Crippen LogP contribution in [0.5, 0.6) is 28.7 Å². The molecule has 0 radical (unpaired) electrons. The molecule has 43 heavy (non-hydrogen) atoms. The Morgan fingerprint density at radius 2 is 1.51 bits per heavy atom. The molecule has 2 aliphatic heterocycles. The molecular formula is C28H36O15. The maximum atomic E-state index is 12.4. The van der Waals surface area contributed by atoms with Gasteiger partial charge in [-0.25, -0.2) is 4.79 Å². The molecule has 238 valence electrons. The Hall–Kier alpha value is -3.41. The molecule has 15 heteroatoms. The van der Waals surface area contributed by atoms with Gasteiger partial charge in [-0.05, 0) is 24.3 Å². The zero-order chi connectivity index (χ0) is 31.3. The first-order valence-electron chi connectivity index (χ1n) is 13.2. The fourth-order valence-electron chi connectivity index (χ4n) is 4.52. The van der Waals surface area contributed by atoms with Crippen molar-refractivity contribution in [3.63, 3.8) is 0 Å². The minimum Gasteiger partial charge on any atom is -0.497 e. The molecule has 0 aliphatic carbocycles. The van der Waals surface area contributed by atoms with Crippen LogP contribution in [0.1, 0.15) is 10.4 Å². The summed E-state index contributed by atoms with van der Waals surface area (Å²) >= 11 is 0. The lowest BCUT2D eigenvalue weighted by molar-refractivity contribution is -0.289. The number of ether oxygens (including phenoxy) is 9. The lowest BCUT2D eigenvalue weighted by atomic mass is 9.99. The molecule has 0 amide bonds. The van der Waals surface area contributed by atoms with Crippen LogP contribution in [0, 0.1) is 0 Å². The van der Waals surface area contributed by atoms with E-state index in [2.05, 4.69) is 0 Å². The van der Waals surface area contributed by atoms with Gasteiger partial charge in [0, 0.05) is 12.1 Å². The van der Waals surface area contributed by atoms with Gasteiger partial charge in [-0.15, -0.1) is 0 Å². The summed E-state index contributed by atoms with van der Waals surface area (Å²) in [5, 5.41) is 53.0. The first-order chi connectivity index (χ1) is 20.5. The highest BCUT2D eigenvalue weighted by Crippen LogP contribution is 2.41. The average molecular weight is 613 g/mol. The molecule has 2 heterocycles. The molecule has 5 N–H and O–H groups in total. The summed E-state index contributed by atoms with van der Waals surface area (Å²) < 4.78 is 48.4. The van der Waals surface area contributed by atoms with E-state index in [0.717, 1.165) is 0 Å². The van der Waals surface area contributed by atoms with Crippen molar-refractivity contribution in [2.75, 3.05) is 48.3 Å². The van der Waals surface area contributed by atoms with Crippen LogP contribution in [-0.4, -0.2) is 128 Å². The lowest BCUT2D eigenvalue weighted by Crippen LogP contribution is -2.60. The van der Waals surface area contributed by atoms with Gasteiger partial charge in [0.1, 0.15) is 48.6 Å². The van der Waals surface area contributed by atoms with Gasteiger partial charge >= 0.3 is 5.97 Å². The van der Waals surface area contributed by atoms with E-state index in [1.807, 2.05) is 0 Å². The van der Waals surface area contributed by atoms with Crippen molar-refractivity contribution < 1.29 is 73.0 Å². The van der Waals surface area contributed by atoms with Crippen molar-refractivity contribution in [1.82, 2.24) is 0 Å². The molecular weight excluding hydrogens is 576 g/mol. The van der Waals surface area contributed by atoms with Gasteiger partial charge in [-0.2, -0.15) is 0 Å². The van der Waals surface area contributed by atoms with E-state index in [-0.39, 0.29) is 22.8 Å². The van der Waals surface area contributed by atoms with E-state index in [1.54, 1.807) is 12.1 Å². The number of hydrogen-bond acceptors (Lipinski definition) is 15. The van der Waals surface area contributed by atoms with Crippen LogP contribution in [0.3, 0.4) is 0 Å². The first-order valence-corrected chi connectivity index (χ1v) is 13.2. The molecule has 0 aromatic heterocycles. The summed E-state index contributed by atoms with van der Waals surface area (Å²) in [6.45, 7) is -1.49. The Morgan fingerprint density at radius 3 is 2.09 bits per heavy atom. The Morgan fingerprint density at radius 1 is 0.860 bits per heavy atom. The average Bonchev–Trinajstić information content (AvgIpc) is 3.31. The van der Waals surface area contributed by atoms with Crippen LogP contribution in [-0.2, 0) is 18.9 Å². The molecule has 8 atom stereocenters. The number of carbonyl (C=O) groups excluding carboxylic acids is 1. The summed E-state index contributed by atoms with van der Waals surface area (Å²) in [5.74, 6) is 0.759. The van der Waals surface area contributed by atoms with Crippen molar-refractivity contribution in [3.8, 4) is 28.7 Å². The van der Waals surface area contributed by atoms with Gasteiger partial charge in [-0.3, -0.25) is 0 Å². The van der Waals surface area contributed by atoms with Crippen LogP contribution in [0.4, 0.5) is 0 Å². The number of aliphatic hydroxyl groups is 5. The van der Waals surface area contributed by atoms with Crippen LogP contribution in [0.15, 0.2) is 36.4 Å². The fourth-order valence-corrected chi connectivity index (χ4v) is 4.52. The third-order valence-corrected chi connectivity index (χ3v) is 7.07. The van der Waals surface area contributed by atoms with Gasteiger partial charge in [0.25, 0.3) is 0 Å². The van der Waals surface area contributed by atoms with E-state index < -0.39 is 74.5 Å². The summed E-state index contributed by atoms with van der Waals surface area (Å²) in [5.41, 5.74) is -1.79. The summed E-state index contributed by atoms with van der Waals surface area (Å²) in [6, 6.07) is 9.01. The second-order valence-electron chi connectivity index (χ2n) is 9.86.